The van der Waals surface area contributed by atoms with E-state index in [1.54, 1.807) is 18.7 Å². The van der Waals surface area contributed by atoms with Crippen molar-refractivity contribution in [2.45, 2.75) is 63.5 Å². The fraction of sp³-hybridized carbons (Fsp3) is 0.357. The number of nitrogens with one attached hydrogen (secondary N) is 1. The van der Waals surface area contributed by atoms with Crippen molar-refractivity contribution in [3.8, 4) is 0 Å². The molecule has 2 aliphatic rings. The van der Waals surface area contributed by atoms with E-state index in [-0.39, 0.29) is 18.4 Å². The Morgan fingerprint density at radius 1 is 1.12 bits per heavy atom. The van der Waals surface area contributed by atoms with E-state index in [4.69, 9.17) is 16.3 Å². The van der Waals surface area contributed by atoms with Gasteiger partial charge in [-0.05, 0) is 87.1 Å². The molecule has 1 aliphatic carbocycles. The standard InChI is InChI=1S/C28H30ClNO3S/c1-5-33-28(32)25-18(4)30-23-7-6-8-24(31)27(23)26(25)22-14-19(16(2)13-17(22)3)15-34-21-11-9-20(29)10-12-21/h9-14,26,30H,5-8,15H2,1-4H3. The third kappa shape index (κ3) is 4.96. The van der Waals surface area contributed by atoms with Crippen LogP contribution in [0.4, 0.5) is 0 Å². The number of dihydropyridines is 1. The van der Waals surface area contributed by atoms with Gasteiger partial charge in [0, 0.05) is 45.0 Å². The molecule has 1 atom stereocenters. The van der Waals surface area contributed by atoms with Gasteiger partial charge in [0.05, 0.1) is 12.2 Å². The molecule has 0 spiro atoms. The topological polar surface area (TPSA) is 55.4 Å². The fourth-order valence-corrected chi connectivity index (χ4v) is 5.94. The largest absolute Gasteiger partial charge is 0.463 e. The summed E-state index contributed by atoms with van der Waals surface area (Å²) >= 11 is 7.77. The normalized spacial score (nSPS) is 18.0. The van der Waals surface area contributed by atoms with Gasteiger partial charge in [-0.15, -0.1) is 11.8 Å². The Hall–Kier alpha value is -2.50. The number of thioether (sulfide) groups is 1. The van der Waals surface area contributed by atoms with Gasteiger partial charge in [0.1, 0.15) is 0 Å². The molecule has 4 rings (SSSR count). The Morgan fingerprint density at radius 2 is 1.85 bits per heavy atom. The maximum atomic E-state index is 13.2. The number of benzene rings is 2. The highest BCUT2D eigenvalue weighted by atomic mass is 35.5. The zero-order valence-corrected chi connectivity index (χ0v) is 21.7. The van der Waals surface area contributed by atoms with Crippen molar-refractivity contribution >= 4 is 35.1 Å². The van der Waals surface area contributed by atoms with Gasteiger partial charge in [-0.2, -0.15) is 0 Å². The van der Waals surface area contributed by atoms with E-state index in [1.165, 1.54) is 11.1 Å². The van der Waals surface area contributed by atoms with Crippen LogP contribution in [-0.2, 0) is 20.1 Å². The number of rotatable bonds is 6. The van der Waals surface area contributed by atoms with Crippen LogP contribution in [0.3, 0.4) is 0 Å². The number of halogens is 1. The number of esters is 1. The van der Waals surface area contributed by atoms with Crippen LogP contribution in [0.15, 0.2) is 63.8 Å². The lowest BCUT2D eigenvalue weighted by molar-refractivity contribution is -0.138. The predicted molar refractivity (Wildman–Crippen MR) is 138 cm³/mol. The van der Waals surface area contributed by atoms with E-state index in [0.717, 1.165) is 56.6 Å². The van der Waals surface area contributed by atoms with Gasteiger partial charge in [0.15, 0.2) is 5.78 Å². The summed E-state index contributed by atoms with van der Waals surface area (Å²) in [4.78, 5) is 27.4. The summed E-state index contributed by atoms with van der Waals surface area (Å²) in [6, 6.07) is 12.2. The summed E-state index contributed by atoms with van der Waals surface area (Å²) in [5, 5.41) is 4.08. The van der Waals surface area contributed by atoms with Crippen molar-refractivity contribution in [1.82, 2.24) is 5.32 Å². The maximum absolute atomic E-state index is 13.2. The Labute approximate surface area is 210 Å². The number of aryl methyl sites for hydroxylation is 2. The fourth-order valence-electron chi connectivity index (χ4n) is 4.85. The summed E-state index contributed by atoms with van der Waals surface area (Å²) in [5.74, 6) is 0.121. The molecule has 2 aromatic carbocycles. The molecule has 0 radical (unpaired) electrons. The van der Waals surface area contributed by atoms with E-state index < -0.39 is 5.92 Å². The van der Waals surface area contributed by atoms with Crippen molar-refractivity contribution in [1.29, 1.82) is 0 Å². The second-order valence-electron chi connectivity index (χ2n) is 8.86. The first-order chi connectivity index (χ1) is 16.3. The first kappa shape index (κ1) is 24.6. The Bertz CT molecular complexity index is 1200. The first-order valence-corrected chi connectivity index (χ1v) is 13.1. The second kappa shape index (κ2) is 10.4. The van der Waals surface area contributed by atoms with Crippen LogP contribution < -0.4 is 5.32 Å². The van der Waals surface area contributed by atoms with Gasteiger partial charge in [-0.25, -0.2) is 4.79 Å². The predicted octanol–water partition coefficient (Wildman–Crippen LogP) is 6.78. The zero-order chi connectivity index (χ0) is 24.4. The van der Waals surface area contributed by atoms with Gasteiger partial charge < -0.3 is 10.1 Å². The van der Waals surface area contributed by atoms with Crippen molar-refractivity contribution in [3.05, 3.63) is 86.2 Å². The quantitative estimate of drug-likeness (QED) is 0.353. The van der Waals surface area contributed by atoms with Crippen LogP contribution in [0, 0.1) is 13.8 Å². The van der Waals surface area contributed by atoms with E-state index in [9.17, 15) is 9.59 Å². The monoisotopic (exact) mass is 495 g/mol. The zero-order valence-electron chi connectivity index (χ0n) is 20.1. The van der Waals surface area contributed by atoms with Crippen molar-refractivity contribution in [2.75, 3.05) is 6.61 Å². The van der Waals surface area contributed by atoms with Crippen molar-refractivity contribution < 1.29 is 14.3 Å². The highest BCUT2D eigenvalue weighted by Gasteiger charge is 2.39. The minimum Gasteiger partial charge on any atom is -0.463 e. The molecule has 178 valence electrons. The van der Waals surface area contributed by atoms with Crippen molar-refractivity contribution in [2.24, 2.45) is 0 Å². The van der Waals surface area contributed by atoms with Gasteiger partial charge >= 0.3 is 5.97 Å². The molecule has 0 bridgehead atoms. The van der Waals surface area contributed by atoms with Gasteiger partial charge in [0.25, 0.3) is 0 Å². The minimum absolute atomic E-state index is 0.116. The van der Waals surface area contributed by atoms with Crippen LogP contribution in [0.2, 0.25) is 5.02 Å². The molecular weight excluding hydrogens is 466 g/mol. The third-order valence-electron chi connectivity index (χ3n) is 6.51. The number of ketones is 1. The molecule has 1 aliphatic heterocycles. The molecule has 0 saturated carbocycles. The first-order valence-electron chi connectivity index (χ1n) is 11.7. The lowest BCUT2D eigenvalue weighted by atomic mass is 9.73. The molecule has 1 heterocycles. The molecule has 4 nitrogen and oxygen atoms in total. The smallest absolute Gasteiger partial charge is 0.336 e. The highest BCUT2D eigenvalue weighted by molar-refractivity contribution is 7.98. The maximum Gasteiger partial charge on any atom is 0.336 e. The van der Waals surface area contributed by atoms with E-state index in [2.05, 4.69) is 31.3 Å². The number of Topliss-reactive ketones (excluding diaryl/α,β-unsaturated/α-hetero) is 1. The third-order valence-corrected chi connectivity index (χ3v) is 7.83. The number of hydrogen-bond donors (Lipinski definition) is 1. The average Bonchev–Trinajstić information content (AvgIpc) is 2.79. The van der Waals surface area contributed by atoms with Crippen LogP contribution in [0.25, 0.3) is 0 Å². The second-order valence-corrected chi connectivity index (χ2v) is 10.3. The van der Waals surface area contributed by atoms with Gasteiger partial charge in [-0.1, -0.05) is 23.7 Å². The molecule has 0 saturated heterocycles. The molecule has 0 aromatic heterocycles. The summed E-state index contributed by atoms with van der Waals surface area (Å²) in [6.45, 7) is 8.17. The van der Waals surface area contributed by atoms with Crippen molar-refractivity contribution in [3.63, 3.8) is 0 Å². The highest BCUT2D eigenvalue weighted by Crippen LogP contribution is 2.44. The Balaban J connectivity index is 1.78. The molecular formula is C28H30ClNO3S. The van der Waals surface area contributed by atoms with Crippen LogP contribution in [0.1, 0.15) is 61.3 Å². The minimum atomic E-state index is -0.414. The van der Waals surface area contributed by atoms with Crippen LogP contribution >= 0.6 is 23.4 Å². The van der Waals surface area contributed by atoms with Gasteiger partial charge in [0.2, 0.25) is 0 Å². The van der Waals surface area contributed by atoms with Crippen LogP contribution in [0.5, 0.6) is 0 Å². The number of carbonyl (C=O) groups is 2. The molecule has 2 aromatic rings. The lowest BCUT2D eigenvalue weighted by Crippen LogP contribution is -2.34. The number of hydrogen-bond acceptors (Lipinski definition) is 5. The van der Waals surface area contributed by atoms with Gasteiger partial charge in [-0.3, -0.25) is 4.79 Å². The summed E-state index contributed by atoms with van der Waals surface area (Å²) in [5.41, 5.74) is 7.44. The van der Waals surface area contributed by atoms with E-state index >= 15 is 0 Å². The summed E-state index contributed by atoms with van der Waals surface area (Å²) in [6.07, 6.45) is 2.15. The summed E-state index contributed by atoms with van der Waals surface area (Å²) < 4.78 is 5.44. The number of ether oxygens (including phenoxy) is 1. The van der Waals surface area contributed by atoms with Crippen LogP contribution in [-0.4, -0.2) is 18.4 Å². The number of allylic oxidation sites excluding steroid dienone is 3. The number of carbonyl (C=O) groups excluding carboxylic acids is 2. The molecule has 0 amide bonds. The average molecular weight is 496 g/mol. The molecule has 1 N–H and O–H groups in total. The van der Waals surface area contributed by atoms with E-state index in [1.807, 2.05) is 31.2 Å². The molecule has 6 heteroatoms. The molecule has 1 unspecified atom stereocenters. The molecule has 0 fully saturated rings. The Morgan fingerprint density at radius 3 is 2.56 bits per heavy atom. The van der Waals surface area contributed by atoms with E-state index in [0.29, 0.717) is 12.0 Å². The molecule has 34 heavy (non-hydrogen) atoms. The SMILES string of the molecule is CCOC(=O)C1=C(C)NC2=C(C(=O)CCC2)C1c1cc(CSc2ccc(Cl)cc2)c(C)cc1C. The lowest BCUT2D eigenvalue weighted by Gasteiger charge is -2.35. The summed E-state index contributed by atoms with van der Waals surface area (Å²) in [7, 11) is 0. The Kier molecular flexibility index (Phi) is 7.54.